The van der Waals surface area contributed by atoms with Crippen molar-refractivity contribution in [3.63, 3.8) is 0 Å². The number of thioether (sulfide) groups is 1. The molecule has 1 heterocycles. The molecule has 1 N–H and O–H groups in total. The van der Waals surface area contributed by atoms with Crippen molar-refractivity contribution in [2.75, 3.05) is 6.54 Å². The van der Waals surface area contributed by atoms with E-state index >= 15 is 0 Å². The number of hydrogen-bond donors (Lipinski definition) is 1. The van der Waals surface area contributed by atoms with Gasteiger partial charge in [0, 0.05) is 23.7 Å². The molecule has 0 saturated carbocycles. The number of nitrogens with zero attached hydrogens (tertiary/aromatic N) is 2. The Hall–Kier alpha value is -1.47. The summed E-state index contributed by atoms with van der Waals surface area (Å²) in [4.78, 5) is 0.214. The molecule has 0 aliphatic rings. The predicted molar refractivity (Wildman–Crippen MR) is 86.4 cm³/mol. The summed E-state index contributed by atoms with van der Waals surface area (Å²) in [7, 11) is 0. The van der Waals surface area contributed by atoms with Gasteiger partial charge in [-0.05, 0) is 62.3 Å². The highest BCUT2D eigenvalue weighted by Crippen LogP contribution is 2.36. The fourth-order valence-electron chi connectivity index (χ4n) is 2.30. The Labute approximate surface area is 138 Å². The summed E-state index contributed by atoms with van der Waals surface area (Å²) in [5.74, 6) is 0. The zero-order valence-corrected chi connectivity index (χ0v) is 14.0. The van der Waals surface area contributed by atoms with Crippen LogP contribution in [0, 0.1) is 13.8 Å². The lowest BCUT2D eigenvalue weighted by molar-refractivity contribution is -0.0328. The molecule has 2 aromatic rings. The van der Waals surface area contributed by atoms with E-state index in [0.717, 1.165) is 36.5 Å². The third-order valence-corrected chi connectivity index (χ3v) is 4.05. The highest BCUT2D eigenvalue weighted by Gasteiger charge is 2.28. The van der Waals surface area contributed by atoms with Gasteiger partial charge in [-0.3, -0.25) is 4.68 Å². The van der Waals surface area contributed by atoms with Gasteiger partial charge in [0.1, 0.15) is 0 Å². The molecule has 23 heavy (non-hydrogen) atoms. The summed E-state index contributed by atoms with van der Waals surface area (Å²) in [6, 6.07) is 8.51. The van der Waals surface area contributed by atoms with Crippen LogP contribution in [-0.4, -0.2) is 21.8 Å². The maximum absolute atomic E-state index is 12.2. The zero-order valence-electron chi connectivity index (χ0n) is 13.2. The Kier molecular flexibility index (Phi) is 6.12. The van der Waals surface area contributed by atoms with Gasteiger partial charge in [0.05, 0.1) is 5.69 Å². The maximum Gasteiger partial charge on any atom is 0.446 e. The molecule has 1 aromatic heterocycles. The predicted octanol–water partition coefficient (Wildman–Crippen LogP) is 4.29. The molecule has 0 amide bonds. The third-order valence-electron chi connectivity index (χ3n) is 3.31. The van der Waals surface area contributed by atoms with Gasteiger partial charge < -0.3 is 5.32 Å². The largest absolute Gasteiger partial charge is 0.446 e. The summed E-state index contributed by atoms with van der Waals surface area (Å²) in [6.07, 6.45) is 0.948. The second kappa shape index (κ2) is 7.88. The average Bonchev–Trinajstić information content (AvgIpc) is 2.77. The third kappa shape index (κ3) is 6.27. The van der Waals surface area contributed by atoms with Gasteiger partial charge in [-0.25, -0.2) is 0 Å². The van der Waals surface area contributed by atoms with Crippen LogP contribution in [0.4, 0.5) is 13.2 Å². The molecule has 0 bridgehead atoms. The van der Waals surface area contributed by atoms with Gasteiger partial charge in [0.2, 0.25) is 0 Å². The van der Waals surface area contributed by atoms with Crippen LogP contribution >= 0.6 is 11.8 Å². The lowest BCUT2D eigenvalue weighted by Gasteiger charge is -2.08. The molecular weight excluding hydrogens is 323 g/mol. The summed E-state index contributed by atoms with van der Waals surface area (Å²) in [5, 5.41) is 7.70. The highest BCUT2D eigenvalue weighted by atomic mass is 32.2. The second-order valence-electron chi connectivity index (χ2n) is 5.37. The van der Waals surface area contributed by atoms with E-state index in [9.17, 15) is 13.2 Å². The highest BCUT2D eigenvalue weighted by molar-refractivity contribution is 8.00. The fourth-order valence-corrected chi connectivity index (χ4v) is 2.84. The molecule has 0 spiro atoms. The molecular formula is C16H20F3N3S. The van der Waals surface area contributed by atoms with Gasteiger partial charge in [-0.2, -0.15) is 18.3 Å². The number of alkyl halides is 3. The van der Waals surface area contributed by atoms with E-state index in [0.29, 0.717) is 6.54 Å². The van der Waals surface area contributed by atoms with Crippen molar-refractivity contribution in [3.8, 4) is 0 Å². The molecule has 0 radical (unpaired) electrons. The van der Waals surface area contributed by atoms with E-state index < -0.39 is 5.51 Å². The minimum absolute atomic E-state index is 0.0878. The van der Waals surface area contributed by atoms with Gasteiger partial charge in [-0.15, -0.1) is 0 Å². The molecule has 126 valence electrons. The Morgan fingerprint density at radius 1 is 1.17 bits per heavy atom. The number of aromatic nitrogens is 2. The Morgan fingerprint density at radius 3 is 2.43 bits per heavy atom. The van der Waals surface area contributed by atoms with Crippen molar-refractivity contribution in [2.45, 2.75) is 43.8 Å². The normalized spacial score (nSPS) is 11.9. The molecule has 0 aliphatic carbocycles. The molecule has 3 nitrogen and oxygen atoms in total. The maximum atomic E-state index is 12.2. The number of rotatable bonds is 7. The summed E-state index contributed by atoms with van der Waals surface area (Å²) in [5.41, 5.74) is -1.09. The van der Waals surface area contributed by atoms with Gasteiger partial charge in [-0.1, -0.05) is 12.1 Å². The van der Waals surface area contributed by atoms with E-state index in [1.807, 2.05) is 24.6 Å². The summed E-state index contributed by atoms with van der Waals surface area (Å²) >= 11 is -0.0878. The first-order chi connectivity index (χ1) is 10.8. The van der Waals surface area contributed by atoms with E-state index in [2.05, 4.69) is 10.4 Å². The Morgan fingerprint density at radius 2 is 1.87 bits per heavy atom. The van der Waals surface area contributed by atoms with Gasteiger partial charge in [0.15, 0.2) is 0 Å². The van der Waals surface area contributed by atoms with Crippen LogP contribution in [0.5, 0.6) is 0 Å². The first kappa shape index (κ1) is 17.9. The van der Waals surface area contributed by atoms with Crippen LogP contribution in [0.15, 0.2) is 35.2 Å². The molecule has 0 atom stereocenters. The lowest BCUT2D eigenvalue weighted by Crippen LogP contribution is -2.17. The van der Waals surface area contributed by atoms with Crippen molar-refractivity contribution >= 4 is 11.8 Å². The van der Waals surface area contributed by atoms with Crippen LogP contribution in [0.1, 0.15) is 23.4 Å². The first-order valence-electron chi connectivity index (χ1n) is 7.40. The van der Waals surface area contributed by atoms with Crippen LogP contribution < -0.4 is 5.32 Å². The van der Waals surface area contributed by atoms with Gasteiger partial charge in [0.25, 0.3) is 0 Å². The Balaban J connectivity index is 1.69. The molecule has 1 aromatic carbocycles. The topological polar surface area (TPSA) is 29.9 Å². The Bertz CT molecular complexity index is 620. The summed E-state index contributed by atoms with van der Waals surface area (Å²) in [6.45, 7) is 6.34. The fraction of sp³-hybridized carbons (Fsp3) is 0.438. The smallest absolute Gasteiger partial charge is 0.313 e. The van der Waals surface area contributed by atoms with Crippen molar-refractivity contribution in [1.29, 1.82) is 0 Å². The number of benzene rings is 1. The van der Waals surface area contributed by atoms with E-state index in [1.54, 1.807) is 12.1 Å². The zero-order chi connectivity index (χ0) is 16.9. The van der Waals surface area contributed by atoms with Crippen molar-refractivity contribution < 1.29 is 13.2 Å². The number of aryl methyl sites for hydroxylation is 3. The van der Waals surface area contributed by atoms with E-state index in [4.69, 9.17) is 0 Å². The lowest BCUT2D eigenvalue weighted by atomic mass is 10.2. The minimum Gasteiger partial charge on any atom is -0.313 e. The van der Waals surface area contributed by atoms with Gasteiger partial charge >= 0.3 is 5.51 Å². The minimum atomic E-state index is -4.23. The molecule has 2 rings (SSSR count). The molecule has 7 heteroatoms. The second-order valence-corrected chi connectivity index (χ2v) is 6.51. The van der Waals surface area contributed by atoms with Crippen LogP contribution in [0.3, 0.4) is 0 Å². The van der Waals surface area contributed by atoms with Crippen molar-refractivity contribution in [3.05, 3.63) is 47.3 Å². The standard InChI is InChI=1S/C16H20F3N3S/c1-12-10-13(2)22(21-12)9-3-8-20-11-14-4-6-15(7-5-14)23-16(17,18)19/h4-7,10,20H,3,8-9,11H2,1-2H3. The van der Waals surface area contributed by atoms with Crippen molar-refractivity contribution in [2.24, 2.45) is 0 Å². The number of hydrogen-bond acceptors (Lipinski definition) is 3. The number of halogens is 3. The summed E-state index contributed by atoms with van der Waals surface area (Å²) < 4.78 is 38.7. The van der Waals surface area contributed by atoms with E-state index in [-0.39, 0.29) is 16.7 Å². The van der Waals surface area contributed by atoms with E-state index in [1.165, 1.54) is 12.1 Å². The molecule has 0 aliphatic heterocycles. The molecule has 0 saturated heterocycles. The first-order valence-corrected chi connectivity index (χ1v) is 8.21. The molecule has 0 fully saturated rings. The molecule has 0 unspecified atom stereocenters. The number of nitrogens with one attached hydrogen (secondary N) is 1. The average molecular weight is 343 g/mol. The SMILES string of the molecule is Cc1cc(C)n(CCCNCc2ccc(SC(F)(F)F)cc2)n1. The van der Waals surface area contributed by atoms with Crippen LogP contribution in [0.25, 0.3) is 0 Å². The quantitative estimate of drug-likeness (QED) is 0.601. The van der Waals surface area contributed by atoms with Crippen LogP contribution in [0.2, 0.25) is 0 Å². The van der Waals surface area contributed by atoms with Crippen LogP contribution in [-0.2, 0) is 13.1 Å². The monoisotopic (exact) mass is 343 g/mol. The van der Waals surface area contributed by atoms with Crippen molar-refractivity contribution in [1.82, 2.24) is 15.1 Å².